The molecule has 4 aliphatic carbocycles. The van der Waals surface area contributed by atoms with E-state index in [0.29, 0.717) is 10.8 Å². The molecule has 30 heavy (non-hydrogen) atoms. The van der Waals surface area contributed by atoms with Gasteiger partial charge in [-0.05, 0) is 98.2 Å². The van der Waals surface area contributed by atoms with Gasteiger partial charge in [0.05, 0.1) is 0 Å². The zero-order valence-electron chi connectivity index (χ0n) is 22.2. The maximum Gasteiger partial charge on any atom is -0.00853 e. The van der Waals surface area contributed by atoms with Crippen molar-refractivity contribution < 1.29 is 0 Å². The highest BCUT2D eigenvalue weighted by Gasteiger charge is 2.57. The Balaban J connectivity index is 0.000000757. The van der Waals surface area contributed by atoms with Gasteiger partial charge in [-0.3, -0.25) is 0 Å². The maximum atomic E-state index is 2.74. The van der Waals surface area contributed by atoms with E-state index < -0.39 is 0 Å². The van der Waals surface area contributed by atoms with Gasteiger partial charge in [0.25, 0.3) is 0 Å². The third kappa shape index (κ3) is 5.04. The largest absolute Gasteiger partial charge is 0.0845 e. The van der Waals surface area contributed by atoms with Gasteiger partial charge in [0, 0.05) is 0 Å². The molecule has 0 N–H and O–H groups in total. The van der Waals surface area contributed by atoms with Crippen LogP contribution in [0.2, 0.25) is 0 Å². The highest BCUT2D eigenvalue weighted by atomic mass is 14.6. The quantitative estimate of drug-likeness (QED) is 0.309. The standard InChI is InChI=1S/C26H44.2C2H6/c1-19(2)9-5-6-10-21-13-15-23-22-14-12-20-11-7-8-17-25(20,3)24(22)16-18-26(21,23)4;2*1-2/h12,19,21-24H,5-11,13-18H2,1-4H3;2*1-2H3. The third-order valence-electron chi connectivity index (χ3n) is 9.80. The lowest BCUT2D eigenvalue weighted by atomic mass is 9.47. The SMILES string of the molecule is CC.CC.CC(C)CCCCC1CCC2C3CC=C4CCCCC4(C)C3CCC12C. The molecule has 0 radical (unpaired) electrons. The number of rotatable bonds is 5. The highest BCUT2D eigenvalue weighted by molar-refractivity contribution is 5.24. The second-order valence-corrected chi connectivity index (χ2v) is 11.5. The molecule has 0 aromatic heterocycles. The molecule has 4 aliphatic rings. The first-order chi connectivity index (χ1) is 14.4. The molecule has 3 saturated carbocycles. The summed E-state index contributed by atoms with van der Waals surface area (Å²) >= 11 is 0. The lowest BCUT2D eigenvalue weighted by molar-refractivity contribution is -0.0425. The second-order valence-electron chi connectivity index (χ2n) is 11.5. The van der Waals surface area contributed by atoms with Crippen LogP contribution in [0.15, 0.2) is 11.6 Å². The molecular weight excluding hydrogens is 360 g/mol. The summed E-state index contributed by atoms with van der Waals surface area (Å²) < 4.78 is 0. The van der Waals surface area contributed by atoms with E-state index in [1.807, 2.05) is 33.3 Å². The van der Waals surface area contributed by atoms with Crippen LogP contribution in [-0.4, -0.2) is 0 Å². The zero-order valence-corrected chi connectivity index (χ0v) is 22.2. The van der Waals surface area contributed by atoms with E-state index in [1.54, 1.807) is 12.8 Å². The van der Waals surface area contributed by atoms with Crippen molar-refractivity contribution >= 4 is 0 Å². The van der Waals surface area contributed by atoms with Gasteiger partial charge in [-0.25, -0.2) is 0 Å². The Hall–Kier alpha value is -0.260. The van der Waals surface area contributed by atoms with E-state index in [9.17, 15) is 0 Å². The number of hydrogen-bond donors (Lipinski definition) is 0. The summed E-state index contributed by atoms with van der Waals surface area (Å²) in [6.07, 6.45) is 22.1. The van der Waals surface area contributed by atoms with Gasteiger partial charge in [-0.1, -0.05) is 92.7 Å². The molecular formula is C30H56. The second kappa shape index (κ2) is 11.6. The van der Waals surface area contributed by atoms with Crippen LogP contribution in [-0.2, 0) is 0 Å². The maximum absolute atomic E-state index is 2.74. The molecule has 6 unspecified atom stereocenters. The van der Waals surface area contributed by atoms with Crippen molar-refractivity contribution in [1.29, 1.82) is 0 Å². The van der Waals surface area contributed by atoms with Gasteiger partial charge in [0.15, 0.2) is 0 Å². The third-order valence-corrected chi connectivity index (χ3v) is 9.80. The van der Waals surface area contributed by atoms with E-state index in [0.717, 1.165) is 29.6 Å². The fraction of sp³-hybridized carbons (Fsp3) is 0.933. The minimum Gasteiger partial charge on any atom is -0.0845 e. The summed E-state index contributed by atoms with van der Waals surface area (Å²) in [6.45, 7) is 18.1. The van der Waals surface area contributed by atoms with Gasteiger partial charge < -0.3 is 0 Å². The van der Waals surface area contributed by atoms with Crippen LogP contribution in [0.5, 0.6) is 0 Å². The summed E-state index contributed by atoms with van der Waals surface area (Å²) in [6, 6.07) is 0. The van der Waals surface area contributed by atoms with Crippen molar-refractivity contribution in [3.63, 3.8) is 0 Å². The molecule has 4 rings (SSSR count). The number of allylic oxidation sites excluding steroid dienone is 2. The average molecular weight is 417 g/mol. The fourth-order valence-corrected chi connectivity index (χ4v) is 8.22. The smallest absolute Gasteiger partial charge is 0.00853 e. The highest BCUT2D eigenvalue weighted by Crippen LogP contribution is 2.66. The van der Waals surface area contributed by atoms with Crippen LogP contribution in [0.4, 0.5) is 0 Å². The van der Waals surface area contributed by atoms with Crippen molar-refractivity contribution in [2.24, 2.45) is 40.4 Å². The van der Waals surface area contributed by atoms with Gasteiger partial charge in [-0.2, -0.15) is 0 Å². The molecule has 0 aliphatic heterocycles. The monoisotopic (exact) mass is 416 g/mol. The van der Waals surface area contributed by atoms with Crippen molar-refractivity contribution in [1.82, 2.24) is 0 Å². The van der Waals surface area contributed by atoms with Crippen molar-refractivity contribution in [3.05, 3.63) is 11.6 Å². The first-order valence-electron chi connectivity index (χ1n) is 14.1. The molecule has 0 heterocycles. The molecule has 0 aromatic carbocycles. The minimum absolute atomic E-state index is 0.581. The van der Waals surface area contributed by atoms with Crippen molar-refractivity contribution in [2.45, 2.75) is 139 Å². The molecule has 0 heteroatoms. The summed E-state index contributed by atoms with van der Waals surface area (Å²) in [5.74, 6) is 4.98. The zero-order chi connectivity index (χ0) is 22.4. The van der Waals surface area contributed by atoms with Crippen LogP contribution < -0.4 is 0 Å². The van der Waals surface area contributed by atoms with Crippen LogP contribution in [0.25, 0.3) is 0 Å². The van der Waals surface area contributed by atoms with Crippen molar-refractivity contribution in [3.8, 4) is 0 Å². The van der Waals surface area contributed by atoms with Crippen LogP contribution in [0.1, 0.15) is 139 Å². The number of fused-ring (bicyclic) bond motifs is 5. The predicted octanol–water partition coefficient (Wildman–Crippen LogP) is 10.2. The molecule has 6 atom stereocenters. The summed E-state index contributed by atoms with van der Waals surface area (Å²) in [5, 5.41) is 0. The molecule has 0 aromatic rings. The molecule has 0 bridgehead atoms. The lowest BCUT2D eigenvalue weighted by Crippen LogP contribution is -2.49. The summed E-state index contributed by atoms with van der Waals surface area (Å²) in [5.41, 5.74) is 3.13. The Kier molecular flexibility index (Phi) is 10.0. The number of unbranched alkanes of at least 4 members (excludes halogenated alkanes) is 1. The van der Waals surface area contributed by atoms with Crippen LogP contribution >= 0.6 is 0 Å². The van der Waals surface area contributed by atoms with E-state index in [1.165, 1.54) is 70.6 Å². The summed E-state index contributed by atoms with van der Waals surface area (Å²) in [4.78, 5) is 0. The first-order valence-corrected chi connectivity index (χ1v) is 14.1. The Bertz CT molecular complexity index is 528. The topological polar surface area (TPSA) is 0 Å². The average Bonchev–Trinajstić information content (AvgIpc) is 3.10. The Morgan fingerprint density at radius 3 is 2.33 bits per heavy atom. The van der Waals surface area contributed by atoms with E-state index in [2.05, 4.69) is 33.8 Å². The van der Waals surface area contributed by atoms with Gasteiger partial charge in [-0.15, -0.1) is 0 Å². The first kappa shape index (κ1) is 26.0. The Morgan fingerprint density at radius 1 is 0.900 bits per heavy atom. The van der Waals surface area contributed by atoms with Gasteiger partial charge in [0.1, 0.15) is 0 Å². The molecule has 176 valence electrons. The van der Waals surface area contributed by atoms with E-state index in [-0.39, 0.29) is 0 Å². The predicted molar refractivity (Wildman–Crippen MR) is 136 cm³/mol. The van der Waals surface area contributed by atoms with E-state index in [4.69, 9.17) is 0 Å². The van der Waals surface area contributed by atoms with Crippen molar-refractivity contribution in [2.75, 3.05) is 0 Å². The molecule has 0 saturated heterocycles. The fourth-order valence-electron chi connectivity index (χ4n) is 8.22. The number of hydrogen-bond acceptors (Lipinski definition) is 0. The van der Waals surface area contributed by atoms with Gasteiger partial charge >= 0.3 is 0 Å². The van der Waals surface area contributed by atoms with E-state index >= 15 is 0 Å². The molecule has 0 amide bonds. The molecule has 3 fully saturated rings. The Labute approximate surface area is 191 Å². The van der Waals surface area contributed by atoms with Gasteiger partial charge in [0.2, 0.25) is 0 Å². The molecule has 0 spiro atoms. The molecule has 0 nitrogen and oxygen atoms in total. The Morgan fingerprint density at radius 2 is 1.63 bits per heavy atom. The normalized spacial score (nSPS) is 39.4. The lowest BCUT2D eigenvalue weighted by Gasteiger charge is -2.57. The van der Waals surface area contributed by atoms with Crippen LogP contribution in [0, 0.1) is 40.4 Å². The minimum atomic E-state index is 0.581. The van der Waals surface area contributed by atoms with Crippen LogP contribution in [0.3, 0.4) is 0 Å². The summed E-state index contributed by atoms with van der Waals surface area (Å²) in [7, 11) is 0.